The summed E-state index contributed by atoms with van der Waals surface area (Å²) in [5.74, 6) is -0.383. The lowest BCUT2D eigenvalue weighted by molar-refractivity contribution is 0.0990. The first kappa shape index (κ1) is 25.1. The van der Waals surface area contributed by atoms with Gasteiger partial charge in [0.25, 0.3) is 0 Å². The molecule has 3 heterocycles. The molecule has 0 aliphatic heterocycles. The fraction of sp³-hybridized carbons (Fsp3) is 0.0833. The van der Waals surface area contributed by atoms with Crippen molar-refractivity contribution in [1.29, 1.82) is 0 Å². The van der Waals surface area contributed by atoms with E-state index < -0.39 is 0 Å². The van der Waals surface area contributed by atoms with Crippen LogP contribution in [0.5, 0.6) is 0 Å². The Hall–Kier alpha value is -4.65. The normalized spacial score (nSPS) is 14.7. The molecule has 0 spiro atoms. The molecule has 202 valence electrons. The molecular formula is C36H24N2O2S2. The Kier molecular flexibility index (Phi) is 5.48. The lowest BCUT2D eigenvalue weighted by Crippen LogP contribution is -2.17. The van der Waals surface area contributed by atoms with E-state index >= 15 is 0 Å². The summed E-state index contributed by atoms with van der Waals surface area (Å²) >= 11 is 3.39. The van der Waals surface area contributed by atoms with E-state index in [0.717, 1.165) is 32.3 Å². The molecule has 0 saturated heterocycles. The topological polar surface area (TPSA) is 50.3 Å². The highest BCUT2D eigenvalue weighted by Crippen LogP contribution is 2.57. The summed E-state index contributed by atoms with van der Waals surface area (Å²) in [6.45, 7) is 4.53. The zero-order valence-corrected chi connectivity index (χ0v) is 24.6. The van der Waals surface area contributed by atoms with E-state index in [2.05, 4.69) is 79.4 Å². The fourth-order valence-corrected chi connectivity index (χ4v) is 9.14. The van der Waals surface area contributed by atoms with Gasteiger partial charge in [0.2, 0.25) is 0 Å². The quantitative estimate of drug-likeness (QED) is 0.154. The predicted octanol–water partition coefficient (Wildman–Crippen LogP) is 9.60. The second kappa shape index (κ2) is 9.18. The Labute approximate surface area is 251 Å². The number of thiophene rings is 2. The summed E-state index contributed by atoms with van der Waals surface area (Å²) in [4.78, 5) is 35.4. The molecule has 0 fully saturated rings. The van der Waals surface area contributed by atoms with Gasteiger partial charge in [-0.05, 0) is 48.0 Å². The second-order valence-corrected chi connectivity index (χ2v) is 13.3. The molecule has 8 rings (SSSR count). The van der Waals surface area contributed by atoms with Crippen LogP contribution in [0.15, 0.2) is 109 Å². The zero-order chi connectivity index (χ0) is 28.6. The van der Waals surface area contributed by atoms with Gasteiger partial charge >= 0.3 is 0 Å². The van der Waals surface area contributed by atoms with Crippen molar-refractivity contribution in [2.24, 2.45) is 0 Å². The van der Waals surface area contributed by atoms with Crippen molar-refractivity contribution in [2.45, 2.75) is 19.3 Å². The lowest BCUT2D eigenvalue weighted by Gasteiger charge is -2.27. The lowest BCUT2D eigenvalue weighted by atomic mass is 9.83. The van der Waals surface area contributed by atoms with Crippen LogP contribution in [0.1, 0.15) is 50.6 Å². The molecular weight excluding hydrogens is 557 g/mol. The average Bonchev–Trinajstić information content (AvgIpc) is 3.69. The number of carbonyl (C=O) groups excluding carboxylic acids is 2. The number of anilines is 3. The molecule has 3 aromatic carbocycles. The molecule has 2 aliphatic rings. The van der Waals surface area contributed by atoms with Crippen LogP contribution in [0.25, 0.3) is 26.0 Å². The van der Waals surface area contributed by atoms with Crippen molar-refractivity contribution in [3.63, 3.8) is 0 Å². The summed E-state index contributed by atoms with van der Waals surface area (Å²) < 4.78 is 2.36. The Morgan fingerprint density at radius 2 is 1.33 bits per heavy atom. The van der Waals surface area contributed by atoms with Crippen LogP contribution in [0.3, 0.4) is 0 Å². The van der Waals surface area contributed by atoms with Crippen molar-refractivity contribution in [3.05, 3.63) is 136 Å². The molecule has 3 aromatic heterocycles. The van der Waals surface area contributed by atoms with E-state index in [1.807, 2.05) is 18.3 Å². The van der Waals surface area contributed by atoms with Crippen molar-refractivity contribution in [3.8, 4) is 10.6 Å². The van der Waals surface area contributed by atoms with Crippen LogP contribution in [0.2, 0.25) is 0 Å². The van der Waals surface area contributed by atoms with E-state index in [0.29, 0.717) is 11.1 Å². The number of fused-ring (bicyclic) bond motifs is 6. The number of carbonyl (C=O) groups is 2. The largest absolute Gasteiger partial charge is 0.309 e. The van der Waals surface area contributed by atoms with Gasteiger partial charge in [-0.15, -0.1) is 22.7 Å². The van der Waals surface area contributed by atoms with Crippen molar-refractivity contribution in [1.82, 2.24) is 4.98 Å². The third-order valence-corrected chi connectivity index (χ3v) is 10.6. The van der Waals surface area contributed by atoms with Crippen molar-refractivity contribution in [2.75, 3.05) is 4.90 Å². The van der Waals surface area contributed by atoms with Gasteiger partial charge in [0.05, 0.1) is 32.7 Å². The van der Waals surface area contributed by atoms with Crippen molar-refractivity contribution >= 4 is 66.8 Å². The number of hydrogen-bond acceptors (Lipinski definition) is 6. The highest BCUT2D eigenvalue weighted by atomic mass is 32.1. The Balaban J connectivity index is 1.21. The van der Waals surface area contributed by atoms with Crippen LogP contribution in [-0.2, 0) is 5.41 Å². The Morgan fingerprint density at radius 3 is 1.95 bits per heavy atom. The molecule has 0 radical (unpaired) electrons. The highest BCUT2D eigenvalue weighted by Gasteiger charge is 2.41. The maximum absolute atomic E-state index is 13.0. The van der Waals surface area contributed by atoms with Gasteiger partial charge in [-0.3, -0.25) is 14.6 Å². The molecule has 6 heteroatoms. The predicted molar refractivity (Wildman–Crippen MR) is 173 cm³/mol. The molecule has 0 N–H and O–H groups in total. The van der Waals surface area contributed by atoms with Gasteiger partial charge in [0.1, 0.15) is 0 Å². The van der Waals surface area contributed by atoms with Crippen LogP contribution < -0.4 is 4.90 Å². The number of rotatable bonds is 4. The first-order valence-corrected chi connectivity index (χ1v) is 15.4. The molecule has 0 atom stereocenters. The molecule has 0 bridgehead atoms. The van der Waals surface area contributed by atoms with Gasteiger partial charge < -0.3 is 4.90 Å². The van der Waals surface area contributed by atoms with Crippen LogP contribution in [-0.4, -0.2) is 16.6 Å². The minimum Gasteiger partial charge on any atom is -0.309 e. The monoisotopic (exact) mass is 580 g/mol. The third-order valence-electron chi connectivity index (χ3n) is 8.25. The molecule has 0 saturated carbocycles. The maximum atomic E-state index is 13.0. The number of allylic oxidation sites excluding steroid dienone is 1. The van der Waals surface area contributed by atoms with Gasteiger partial charge in [-0.1, -0.05) is 74.5 Å². The van der Waals surface area contributed by atoms with Gasteiger partial charge in [0.15, 0.2) is 11.6 Å². The number of ketones is 2. The smallest absolute Gasteiger partial charge is 0.197 e. The van der Waals surface area contributed by atoms with Gasteiger partial charge in [0, 0.05) is 43.1 Å². The first-order chi connectivity index (χ1) is 20.4. The molecule has 4 nitrogen and oxygen atoms in total. The van der Waals surface area contributed by atoms with E-state index in [9.17, 15) is 9.59 Å². The number of nitrogens with zero attached hydrogens (tertiary/aromatic N) is 2. The highest BCUT2D eigenvalue weighted by molar-refractivity contribution is 7.30. The number of pyridine rings is 1. The zero-order valence-electron chi connectivity index (χ0n) is 22.9. The fourth-order valence-electron chi connectivity index (χ4n) is 6.23. The molecule has 2 aliphatic carbocycles. The Morgan fingerprint density at radius 1 is 0.738 bits per heavy atom. The van der Waals surface area contributed by atoms with Crippen LogP contribution >= 0.6 is 22.7 Å². The first-order valence-electron chi connectivity index (χ1n) is 13.8. The SMILES string of the molecule is CC1(C)c2cc(N(c3ccccc3)c3ccccc3)cnc2-c2sc3cc(C=C4C(=O)c5ccccc5C4=O)sc3c21. The second-order valence-electron chi connectivity index (χ2n) is 11.1. The standard InChI is InChI=1S/C36H24N2O2S2/c1-36(2)28-17-23(38(21-11-5-3-6-12-21)22-13-7-4-8-14-22)20-37-31(28)35-30(36)34-29(42-35)19-24(41-34)18-27-32(39)25-15-9-10-16-26(25)33(27)40/h3-20H,1-2H3. The molecule has 0 amide bonds. The minimum absolute atomic E-state index is 0.191. The van der Waals surface area contributed by atoms with Crippen LogP contribution in [0.4, 0.5) is 17.1 Å². The van der Waals surface area contributed by atoms with E-state index in [4.69, 9.17) is 4.98 Å². The number of Topliss-reactive ketones (excluding diaryl/α,β-unsaturated/α-hetero) is 2. The molecule has 0 unspecified atom stereocenters. The summed E-state index contributed by atoms with van der Waals surface area (Å²) in [5.41, 5.74) is 7.63. The minimum atomic E-state index is -0.268. The van der Waals surface area contributed by atoms with Gasteiger partial charge in [-0.25, -0.2) is 0 Å². The van der Waals surface area contributed by atoms with E-state index in [1.165, 1.54) is 20.7 Å². The van der Waals surface area contributed by atoms with Gasteiger partial charge in [-0.2, -0.15) is 0 Å². The maximum Gasteiger partial charge on any atom is 0.197 e. The summed E-state index contributed by atoms with van der Waals surface area (Å²) in [5, 5.41) is 0. The number of para-hydroxylation sites is 2. The average molecular weight is 581 g/mol. The van der Waals surface area contributed by atoms with Crippen molar-refractivity contribution < 1.29 is 9.59 Å². The number of aromatic nitrogens is 1. The third kappa shape index (κ3) is 3.62. The van der Waals surface area contributed by atoms with Crippen LogP contribution in [0, 0.1) is 0 Å². The summed E-state index contributed by atoms with van der Waals surface area (Å²) in [6.07, 6.45) is 3.75. The summed E-state index contributed by atoms with van der Waals surface area (Å²) in [6, 6.07) is 32.2. The molecule has 42 heavy (non-hydrogen) atoms. The van der Waals surface area contributed by atoms with E-state index in [-0.39, 0.29) is 22.6 Å². The van der Waals surface area contributed by atoms with E-state index in [1.54, 1.807) is 53.0 Å². The Bertz CT molecular complexity index is 2030. The number of hydrogen-bond donors (Lipinski definition) is 0. The molecule has 6 aromatic rings. The number of benzene rings is 3. The summed E-state index contributed by atoms with van der Waals surface area (Å²) in [7, 11) is 0.